The second-order valence-corrected chi connectivity index (χ2v) is 11.6. The number of ether oxygens (including phenoxy) is 1. The van der Waals surface area contributed by atoms with Crippen LogP contribution in [0.3, 0.4) is 0 Å². The van der Waals surface area contributed by atoms with Gasteiger partial charge in [-0.05, 0) is 55.7 Å². The number of nitrogens with zero attached hydrogens (tertiary/aromatic N) is 2. The molecule has 11 heteroatoms. The van der Waals surface area contributed by atoms with Crippen LogP contribution in [-0.2, 0) is 25.5 Å². The van der Waals surface area contributed by atoms with Gasteiger partial charge in [-0.3, -0.25) is 13.8 Å². The minimum Gasteiger partial charge on any atom is -0.376 e. The fraction of sp³-hybridized carbons (Fsp3) is 0.300. The van der Waals surface area contributed by atoms with Crippen molar-refractivity contribution < 1.29 is 26.5 Å². The first-order valence-corrected chi connectivity index (χ1v) is 14.7. The molecule has 214 valence electrons. The number of hydrogen-bond acceptors (Lipinski definition) is 7. The predicted molar refractivity (Wildman–Crippen MR) is 151 cm³/mol. The standard InChI is InChI=1S/C30H30FN3O6S/c1-20-6-9-23(10-7-20)41(37,38)40-17-16-39-22-12-14-34(15-13-22)30(36)26-18-21(8-11-27(26)31)19-28-24-4-2-3-5-25(24)29(35)33-32-28/h2-11,18,22H,12-17,19H2,1H3,(H,33,35). The number of benzene rings is 3. The molecule has 1 fully saturated rings. The summed E-state index contributed by atoms with van der Waals surface area (Å²) < 4.78 is 50.2. The zero-order chi connectivity index (χ0) is 29.0. The molecule has 1 amide bonds. The molecule has 2 heterocycles. The van der Waals surface area contributed by atoms with Gasteiger partial charge in [0.2, 0.25) is 0 Å². The van der Waals surface area contributed by atoms with Crippen LogP contribution in [0.1, 0.15) is 40.0 Å². The van der Waals surface area contributed by atoms with Crippen molar-refractivity contribution in [3.63, 3.8) is 0 Å². The number of H-pyrrole nitrogens is 1. The number of carbonyl (C=O) groups excluding carboxylic acids is 1. The van der Waals surface area contributed by atoms with Crippen LogP contribution in [0, 0.1) is 12.7 Å². The lowest BCUT2D eigenvalue weighted by Crippen LogP contribution is -2.41. The Labute approximate surface area is 237 Å². The fourth-order valence-electron chi connectivity index (χ4n) is 4.87. The van der Waals surface area contributed by atoms with E-state index in [0.717, 1.165) is 5.56 Å². The Bertz CT molecular complexity index is 1710. The molecule has 0 unspecified atom stereocenters. The lowest BCUT2D eigenvalue weighted by atomic mass is 10.0. The summed E-state index contributed by atoms with van der Waals surface area (Å²) in [4.78, 5) is 27.0. The topological polar surface area (TPSA) is 119 Å². The van der Waals surface area contributed by atoms with Gasteiger partial charge in [0, 0.05) is 24.9 Å². The monoisotopic (exact) mass is 579 g/mol. The Kier molecular flexibility index (Phi) is 8.57. The number of carbonyl (C=O) groups is 1. The molecule has 1 aromatic heterocycles. The molecule has 0 bridgehead atoms. The van der Waals surface area contributed by atoms with Gasteiger partial charge in [0.1, 0.15) is 5.82 Å². The number of nitrogens with one attached hydrogen (secondary N) is 1. The third-order valence-corrected chi connectivity index (χ3v) is 8.45. The zero-order valence-corrected chi connectivity index (χ0v) is 23.3. The second-order valence-electron chi connectivity index (χ2n) is 9.99. The molecule has 0 spiro atoms. The van der Waals surface area contributed by atoms with Crippen molar-refractivity contribution >= 4 is 26.8 Å². The Morgan fingerprint density at radius 2 is 1.73 bits per heavy atom. The minimum absolute atomic E-state index is 0.0229. The molecular weight excluding hydrogens is 549 g/mol. The van der Waals surface area contributed by atoms with Crippen LogP contribution in [0.5, 0.6) is 0 Å². The number of piperidine rings is 1. The average Bonchev–Trinajstić information content (AvgIpc) is 2.98. The Morgan fingerprint density at radius 3 is 2.46 bits per heavy atom. The largest absolute Gasteiger partial charge is 0.376 e. The molecule has 9 nitrogen and oxygen atoms in total. The van der Waals surface area contributed by atoms with Gasteiger partial charge >= 0.3 is 0 Å². The fourth-order valence-corrected chi connectivity index (χ4v) is 5.77. The summed E-state index contributed by atoms with van der Waals surface area (Å²) in [7, 11) is -3.86. The molecule has 0 atom stereocenters. The number of fused-ring (bicyclic) bond motifs is 1. The Morgan fingerprint density at radius 1 is 1.02 bits per heavy atom. The van der Waals surface area contributed by atoms with Gasteiger partial charge in [-0.1, -0.05) is 42.0 Å². The maximum absolute atomic E-state index is 14.7. The van der Waals surface area contributed by atoms with E-state index in [-0.39, 0.29) is 35.3 Å². The summed E-state index contributed by atoms with van der Waals surface area (Å²) in [6, 6.07) is 17.9. The Balaban J connectivity index is 1.15. The molecule has 1 saturated heterocycles. The van der Waals surface area contributed by atoms with E-state index >= 15 is 0 Å². The highest BCUT2D eigenvalue weighted by atomic mass is 32.2. The number of aromatic nitrogens is 2. The first-order valence-electron chi connectivity index (χ1n) is 13.3. The van der Waals surface area contributed by atoms with Crippen molar-refractivity contribution in [1.29, 1.82) is 0 Å². The SMILES string of the molecule is Cc1ccc(S(=O)(=O)OCCOC2CCN(C(=O)c3cc(Cc4n[nH]c(=O)c5ccccc45)ccc3F)CC2)cc1. The third-order valence-electron chi connectivity index (χ3n) is 7.12. The van der Waals surface area contributed by atoms with Gasteiger partial charge < -0.3 is 9.64 Å². The second kappa shape index (κ2) is 12.3. The normalized spacial score (nSPS) is 14.4. The highest BCUT2D eigenvalue weighted by Crippen LogP contribution is 2.22. The molecule has 1 aliphatic rings. The summed E-state index contributed by atoms with van der Waals surface area (Å²) in [5, 5.41) is 7.89. The third kappa shape index (κ3) is 6.70. The Hall–Kier alpha value is -3.93. The van der Waals surface area contributed by atoms with Gasteiger partial charge in [0.25, 0.3) is 21.6 Å². The van der Waals surface area contributed by atoms with E-state index in [4.69, 9.17) is 8.92 Å². The van der Waals surface area contributed by atoms with Gasteiger partial charge in [0.15, 0.2) is 0 Å². The molecular formula is C30H30FN3O6S. The van der Waals surface area contributed by atoms with E-state index in [1.165, 1.54) is 24.3 Å². The van der Waals surface area contributed by atoms with E-state index in [1.807, 2.05) is 19.1 Å². The number of hydrogen-bond donors (Lipinski definition) is 1. The van der Waals surface area contributed by atoms with Crippen molar-refractivity contribution in [3.8, 4) is 0 Å². The highest BCUT2D eigenvalue weighted by Gasteiger charge is 2.26. The minimum atomic E-state index is -3.86. The first-order chi connectivity index (χ1) is 19.7. The van der Waals surface area contributed by atoms with Crippen LogP contribution in [0.25, 0.3) is 10.8 Å². The number of likely N-dealkylation sites (tertiary alicyclic amines) is 1. The number of aromatic amines is 1. The number of rotatable bonds is 9. The van der Waals surface area contributed by atoms with Crippen LogP contribution in [0.4, 0.5) is 4.39 Å². The number of aryl methyl sites for hydroxylation is 1. The van der Waals surface area contributed by atoms with Crippen LogP contribution in [0.15, 0.2) is 76.4 Å². The maximum Gasteiger partial charge on any atom is 0.297 e. The predicted octanol–water partition coefficient (Wildman–Crippen LogP) is 3.99. The quantitative estimate of drug-likeness (QED) is 0.235. The van der Waals surface area contributed by atoms with Gasteiger partial charge in [-0.15, -0.1) is 0 Å². The number of amides is 1. The van der Waals surface area contributed by atoms with E-state index in [2.05, 4.69) is 10.2 Å². The van der Waals surface area contributed by atoms with Crippen LogP contribution < -0.4 is 5.56 Å². The molecule has 0 aliphatic carbocycles. The van der Waals surface area contributed by atoms with Crippen molar-refractivity contribution in [3.05, 3.63) is 105 Å². The first kappa shape index (κ1) is 28.6. The van der Waals surface area contributed by atoms with E-state index in [9.17, 15) is 22.4 Å². The van der Waals surface area contributed by atoms with Crippen molar-refractivity contribution in [1.82, 2.24) is 15.1 Å². The summed E-state index contributed by atoms with van der Waals surface area (Å²) in [6.45, 7) is 2.60. The van der Waals surface area contributed by atoms with Gasteiger partial charge in [-0.2, -0.15) is 13.5 Å². The van der Waals surface area contributed by atoms with Crippen molar-refractivity contribution in [2.24, 2.45) is 0 Å². The molecule has 1 aliphatic heterocycles. The lowest BCUT2D eigenvalue weighted by Gasteiger charge is -2.32. The average molecular weight is 580 g/mol. The summed E-state index contributed by atoms with van der Waals surface area (Å²) in [5.41, 5.74) is 1.96. The maximum atomic E-state index is 14.7. The van der Waals surface area contributed by atoms with Crippen LogP contribution in [0.2, 0.25) is 0 Å². The smallest absolute Gasteiger partial charge is 0.297 e. The van der Waals surface area contributed by atoms with E-state index < -0.39 is 21.8 Å². The lowest BCUT2D eigenvalue weighted by molar-refractivity contribution is -0.00186. The molecule has 4 aromatic rings. The highest BCUT2D eigenvalue weighted by molar-refractivity contribution is 7.86. The molecule has 0 saturated carbocycles. The van der Waals surface area contributed by atoms with E-state index in [0.29, 0.717) is 54.4 Å². The molecule has 1 N–H and O–H groups in total. The molecule has 5 rings (SSSR count). The van der Waals surface area contributed by atoms with Crippen LogP contribution in [-0.4, -0.2) is 61.8 Å². The summed E-state index contributed by atoms with van der Waals surface area (Å²) in [6.07, 6.45) is 1.21. The molecule has 41 heavy (non-hydrogen) atoms. The number of halogens is 1. The molecule has 3 aromatic carbocycles. The summed E-state index contributed by atoms with van der Waals surface area (Å²) in [5.74, 6) is -1.02. The molecule has 0 radical (unpaired) electrons. The summed E-state index contributed by atoms with van der Waals surface area (Å²) >= 11 is 0. The van der Waals surface area contributed by atoms with Crippen LogP contribution >= 0.6 is 0 Å². The van der Waals surface area contributed by atoms with E-state index in [1.54, 1.807) is 35.2 Å². The van der Waals surface area contributed by atoms with Crippen molar-refractivity contribution in [2.75, 3.05) is 26.3 Å². The van der Waals surface area contributed by atoms with Crippen molar-refractivity contribution in [2.45, 2.75) is 37.2 Å². The van der Waals surface area contributed by atoms with Gasteiger partial charge in [0.05, 0.1) is 40.9 Å². The van der Waals surface area contributed by atoms with Gasteiger partial charge in [-0.25, -0.2) is 9.49 Å². The zero-order valence-electron chi connectivity index (χ0n) is 22.5.